The zero-order chi connectivity index (χ0) is 21.5. The van der Waals surface area contributed by atoms with Gasteiger partial charge in [-0.3, -0.25) is 14.5 Å². The van der Waals surface area contributed by atoms with Crippen molar-refractivity contribution in [1.29, 1.82) is 0 Å². The van der Waals surface area contributed by atoms with E-state index in [9.17, 15) is 9.59 Å². The van der Waals surface area contributed by atoms with Crippen molar-refractivity contribution in [3.05, 3.63) is 59.8 Å². The molecule has 1 saturated carbocycles. The zero-order valence-corrected chi connectivity index (χ0v) is 17.6. The first-order valence-electron chi connectivity index (χ1n) is 10.6. The normalized spacial score (nSPS) is 19.6. The fraction of sp³-hybridized carbons (Fsp3) is 0.409. The second-order valence-corrected chi connectivity index (χ2v) is 8.27. The lowest BCUT2D eigenvalue weighted by atomic mass is 10.1. The number of amides is 2. The van der Waals surface area contributed by atoms with Crippen molar-refractivity contribution in [3.8, 4) is 0 Å². The lowest BCUT2D eigenvalue weighted by Gasteiger charge is -2.20. The third kappa shape index (κ3) is 3.71. The van der Waals surface area contributed by atoms with Crippen molar-refractivity contribution >= 4 is 17.6 Å². The van der Waals surface area contributed by atoms with Crippen LogP contribution in [0.25, 0.3) is 0 Å². The molecule has 3 heterocycles. The van der Waals surface area contributed by atoms with E-state index in [1.807, 2.05) is 48.0 Å². The van der Waals surface area contributed by atoms with E-state index >= 15 is 0 Å². The van der Waals surface area contributed by atoms with Crippen LogP contribution < -0.4 is 10.2 Å². The smallest absolute Gasteiger partial charge is 0.291 e. The van der Waals surface area contributed by atoms with Crippen molar-refractivity contribution in [3.63, 3.8) is 0 Å². The second-order valence-electron chi connectivity index (χ2n) is 8.27. The minimum absolute atomic E-state index is 0.0521. The number of benzene rings is 1. The Balaban J connectivity index is 1.28. The molecule has 2 amide bonds. The van der Waals surface area contributed by atoms with Crippen LogP contribution in [0.15, 0.2) is 42.7 Å². The number of hydrogen-bond acceptors (Lipinski definition) is 5. The SMILES string of the molecule is CC(c1ccccc1)n1cnc(C(=O)N[C@H]2CCn3nc(C4CC4)cc3N(C)C2=O)n1. The van der Waals surface area contributed by atoms with E-state index in [4.69, 9.17) is 0 Å². The van der Waals surface area contributed by atoms with Gasteiger partial charge in [0.1, 0.15) is 18.2 Å². The maximum absolute atomic E-state index is 13.0. The van der Waals surface area contributed by atoms with Gasteiger partial charge in [0.2, 0.25) is 5.82 Å². The van der Waals surface area contributed by atoms with Crippen LogP contribution in [0.3, 0.4) is 0 Å². The standard InChI is InChI=1S/C22H25N7O2/c1-14(15-6-4-3-5-7-15)29-13-23-20(26-29)21(30)24-17-10-11-28-19(27(2)22(17)31)12-18(25-28)16-8-9-16/h3-7,12-14,16-17H,8-11H2,1-2H3,(H,24,30)/t14?,17-/m0/s1. The minimum atomic E-state index is -0.651. The molecule has 1 aromatic carbocycles. The van der Waals surface area contributed by atoms with Crippen LogP contribution >= 0.6 is 0 Å². The molecule has 0 spiro atoms. The summed E-state index contributed by atoms with van der Waals surface area (Å²) in [6.07, 6.45) is 4.34. The summed E-state index contributed by atoms with van der Waals surface area (Å²) in [5.74, 6) is 0.743. The molecule has 1 aliphatic heterocycles. The summed E-state index contributed by atoms with van der Waals surface area (Å²) >= 11 is 0. The van der Waals surface area contributed by atoms with Crippen molar-refractivity contribution in [2.45, 2.75) is 50.7 Å². The van der Waals surface area contributed by atoms with Crippen LogP contribution in [0.5, 0.6) is 0 Å². The van der Waals surface area contributed by atoms with Gasteiger partial charge in [-0.15, -0.1) is 5.10 Å². The van der Waals surface area contributed by atoms with Crippen molar-refractivity contribution in [2.24, 2.45) is 0 Å². The molecule has 5 rings (SSSR count). The molecule has 2 atom stereocenters. The third-order valence-corrected chi connectivity index (χ3v) is 6.07. The Hall–Kier alpha value is -3.49. The molecule has 1 aliphatic carbocycles. The number of carbonyl (C=O) groups excluding carboxylic acids is 2. The molecule has 0 radical (unpaired) electrons. The van der Waals surface area contributed by atoms with Crippen molar-refractivity contribution < 1.29 is 9.59 Å². The maximum atomic E-state index is 13.0. The highest BCUT2D eigenvalue weighted by Crippen LogP contribution is 2.40. The highest BCUT2D eigenvalue weighted by Gasteiger charge is 2.34. The van der Waals surface area contributed by atoms with Crippen LogP contribution in [0, 0.1) is 0 Å². The molecule has 0 saturated heterocycles. The summed E-state index contributed by atoms with van der Waals surface area (Å²) in [4.78, 5) is 31.5. The van der Waals surface area contributed by atoms with Gasteiger partial charge >= 0.3 is 0 Å². The number of anilines is 1. The Morgan fingerprint density at radius 2 is 1.94 bits per heavy atom. The number of fused-ring (bicyclic) bond motifs is 1. The largest absolute Gasteiger partial charge is 0.337 e. The summed E-state index contributed by atoms with van der Waals surface area (Å²) in [6, 6.07) is 11.2. The van der Waals surface area contributed by atoms with Gasteiger partial charge in [-0.1, -0.05) is 30.3 Å². The molecular formula is C22H25N7O2. The Morgan fingerprint density at radius 3 is 2.68 bits per heavy atom. The summed E-state index contributed by atoms with van der Waals surface area (Å²) in [7, 11) is 1.73. The summed E-state index contributed by atoms with van der Waals surface area (Å²) in [5, 5.41) is 11.8. The number of carbonyl (C=O) groups is 2. The Morgan fingerprint density at radius 1 is 1.16 bits per heavy atom. The van der Waals surface area contributed by atoms with E-state index < -0.39 is 11.9 Å². The topological polar surface area (TPSA) is 97.9 Å². The number of hydrogen-bond donors (Lipinski definition) is 1. The van der Waals surface area contributed by atoms with Gasteiger partial charge < -0.3 is 5.32 Å². The summed E-state index contributed by atoms with van der Waals surface area (Å²) in [5.41, 5.74) is 2.12. The maximum Gasteiger partial charge on any atom is 0.291 e. The number of aryl methyl sites for hydroxylation is 1. The molecule has 9 nitrogen and oxygen atoms in total. The minimum Gasteiger partial charge on any atom is -0.337 e. The quantitative estimate of drug-likeness (QED) is 0.683. The lowest BCUT2D eigenvalue weighted by Crippen LogP contribution is -2.47. The molecule has 2 aromatic heterocycles. The predicted octanol–water partition coefficient (Wildman–Crippen LogP) is 2.13. The van der Waals surface area contributed by atoms with Crippen LogP contribution in [-0.4, -0.2) is 49.4 Å². The third-order valence-electron chi connectivity index (χ3n) is 6.07. The number of nitrogens with zero attached hydrogens (tertiary/aromatic N) is 6. The van der Waals surface area contributed by atoms with Gasteiger partial charge in [-0.05, 0) is 31.7 Å². The molecule has 2 aliphatic rings. The molecule has 160 valence electrons. The van der Waals surface area contributed by atoms with Crippen LogP contribution in [0.2, 0.25) is 0 Å². The highest BCUT2D eigenvalue weighted by molar-refractivity contribution is 6.00. The molecule has 1 fully saturated rings. The van der Waals surface area contributed by atoms with E-state index in [2.05, 4.69) is 20.5 Å². The highest BCUT2D eigenvalue weighted by atomic mass is 16.2. The first kappa shape index (κ1) is 19.5. The van der Waals surface area contributed by atoms with E-state index in [1.165, 1.54) is 0 Å². The molecule has 1 unspecified atom stereocenters. The Kier molecular flexibility index (Phi) is 4.80. The fourth-order valence-corrected chi connectivity index (χ4v) is 3.97. The molecule has 9 heteroatoms. The molecule has 1 N–H and O–H groups in total. The second kappa shape index (κ2) is 7.64. The number of rotatable bonds is 5. The zero-order valence-electron chi connectivity index (χ0n) is 17.6. The van der Waals surface area contributed by atoms with Crippen LogP contribution in [0.4, 0.5) is 5.82 Å². The van der Waals surface area contributed by atoms with Gasteiger partial charge in [0.05, 0.1) is 11.7 Å². The van der Waals surface area contributed by atoms with Gasteiger partial charge in [-0.2, -0.15) is 5.10 Å². The first-order valence-corrected chi connectivity index (χ1v) is 10.6. The fourth-order valence-electron chi connectivity index (χ4n) is 3.97. The monoisotopic (exact) mass is 419 g/mol. The molecule has 3 aromatic rings. The van der Waals surface area contributed by atoms with E-state index in [0.717, 1.165) is 29.9 Å². The first-order chi connectivity index (χ1) is 15.0. The van der Waals surface area contributed by atoms with Crippen LogP contribution in [0.1, 0.15) is 60.0 Å². The summed E-state index contributed by atoms with van der Waals surface area (Å²) < 4.78 is 3.52. The van der Waals surface area contributed by atoms with Gasteiger partial charge in [0.15, 0.2) is 0 Å². The molecular weight excluding hydrogens is 394 g/mol. The number of aromatic nitrogens is 5. The average Bonchev–Trinajstić information content (AvgIpc) is 3.39. The molecule has 31 heavy (non-hydrogen) atoms. The average molecular weight is 419 g/mol. The van der Waals surface area contributed by atoms with Crippen molar-refractivity contribution in [2.75, 3.05) is 11.9 Å². The van der Waals surface area contributed by atoms with E-state index in [-0.39, 0.29) is 17.8 Å². The molecule has 0 bridgehead atoms. The number of likely N-dealkylation sites (N-methyl/N-ethyl adjacent to an activating group) is 1. The van der Waals surface area contributed by atoms with E-state index in [1.54, 1.807) is 23.0 Å². The van der Waals surface area contributed by atoms with Crippen molar-refractivity contribution in [1.82, 2.24) is 29.9 Å². The van der Waals surface area contributed by atoms with Gasteiger partial charge in [-0.25, -0.2) is 14.3 Å². The van der Waals surface area contributed by atoms with E-state index in [0.29, 0.717) is 18.9 Å². The number of nitrogens with one attached hydrogen (secondary N) is 1. The Labute approximate surface area is 180 Å². The predicted molar refractivity (Wildman–Crippen MR) is 114 cm³/mol. The summed E-state index contributed by atoms with van der Waals surface area (Å²) in [6.45, 7) is 2.56. The Bertz CT molecular complexity index is 1120. The van der Waals surface area contributed by atoms with Gasteiger partial charge in [0, 0.05) is 25.6 Å². The van der Waals surface area contributed by atoms with Gasteiger partial charge in [0.25, 0.3) is 11.8 Å². The van der Waals surface area contributed by atoms with Crippen LogP contribution in [-0.2, 0) is 11.3 Å². The lowest BCUT2D eigenvalue weighted by molar-refractivity contribution is -0.120.